The molecule has 2 rings (SSSR count). The third-order valence-corrected chi connectivity index (χ3v) is 3.70. The summed E-state index contributed by atoms with van der Waals surface area (Å²) in [5.41, 5.74) is 0.885. The van der Waals surface area contributed by atoms with E-state index in [9.17, 15) is 9.90 Å². The maximum atomic E-state index is 11.2. The Kier molecular flexibility index (Phi) is 4.70. The number of anilines is 1. The highest BCUT2D eigenvalue weighted by Gasteiger charge is 2.18. The number of ether oxygens (including phenoxy) is 1. The minimum absolute atomic E-state index is 0.513. The lowest BCUT2D eigenvalue weighted by molar-refractivity contribution is -0.138. The summed E-state index contributed by atoms with van der Waals surface area (Å²) in [5, 5.41) is 12.8. The van der Waals surface area contributed by atoms with E-state index in [2.05, 4.69) is 10.3 Å². The molecule has 0 aliphatic rings. The van der Waals surface area contributed by atoms with Crippen molar-refractivity contribution in [1.82, 2.24) is 4.98 Å². The molecule has 0 spiro atoms. The van der Waals surface area contributed by atoms with Gasteiger partial charge in [0.15, 0.2) is 5.13 Å². The van der Waals surface area contributed by atoms with Gasteiger partial charge in [-0.2, -0.15) is 0 Å². The molecule has 0 aliphatic carbocycles. The zero-order valence-electron chi connectivity index (χ0n) is 10.6. The molecule has 1 unspecified atom stereocenters. The van der Waals surface area contributed by atoms with Crippen LogP contribution in [0.15, 0.2) is 24.3 Å². The largest absolute Gasteiger partial charge is 0.480 e. The van der Waals surface area contributed by atoms with Gasteiger partial charge in [0, 0.05) is 13.7 Å². The number of rotatable bonds is 7. The number of carboxylic acids is 1. The fourth-order valence-electron chi connectivity index (χ4n) is 1.77. The third kappa shape index (κ3) is 3.65. The Labute approximate surface area is 115 Å². The van der Waals surface area contributed by atoms with Crippen LogP contribution < -0.4 is 5.32 Å². The van der Waals surface area contributed by atoms with Gasteiger partial charge < -0.3 is 15.2 Å². The number of nitrogens with zero attached hydrogens (tertiary/aromatic N) is 1. The maximum absolute atomic E-state index is 11.2. The summed E-state index contributed by atoms with van der Waals surface area (Å²) in [6.45, 7) is 0.561. The first-order valence-electron chi connectivity index (χ1n) is 6.04. The van der Waals surface area contributed by atoms with E-state index < -0.39 is 12.0 Å². The second-order valence-corrected chi connectivity index (χ2v) is 5.19. The van der Waals surface area contributed by atoms with E-state index in [1.54, 1.807) is 7.11 Å². The topological polar surface area (TPSA) is 71.5 Å². The van der Waals surface area contributed by atoms with Crippen LogP contribution in [0.3, 0.4) is 0 Å². The number of nitrogens with one attached hydrogen (secondary N) is 1. The Balaban J connectivity index is 2.05. The Morgan fingerprint density at radius 2 is 2.32 bits per heavy atom. The first-order valence-corrected chi connectivity index (χ1v) is 6.86. The minimum atomic E-state index is -0.865. The lowest BCUT2D eigenvalue weighted by Crippen LogP contribution is -2.29. The number of thiazole rings is 1. The molecule has 2 aromatic rings. The predicted molar refractivity (Wildman–Crippen MR) is 75.8 cm³/mol. The SMILES string of the molecule is COCCCC(Nc1nc2ccccc2s1)C(=O)O. The number of hydrogen-bond donors (Lipinski definition) is 2. The number of aliphatic carboxylic acids is 1. The summed E-state index contributed by atoms with van der Waals surface area (Å²) in [6, 6.07) is 7.11. The van der Waals surface area contributed by atoms with Gasteiger partial charge in [-0.15, -0.1) is 0 Å². The summed E-state index contributed by atoms with van der Waals surface area (Å²) in [4.78, 5) is 15.6. The summed E-state index contributed by atoms with van der Waals surface area (Å²) in [7, 11) is 1.61. The van der Waals surface area contributed by atoms with Gasteiger partial charge in [-0.05, 0) is 25.0 Å². The molecule has 2 N–H and O–H groups in total. The molecule has 0 bridgehead atoms. The highest BCUT2D eigenvalue weighted by atomic mass is 32.1. The van der Waals surface area contributed by atoms with Crippen LogP contribution >= 0.6 is 11.3 Å². The maximum Gasteiger partial charge on any atom is 0.326 e. The number of carbonyl (C=O) groups is 1. The molecule has 0 amide bonds. The van der Waals surface area contributed by atoms with Crippen LogP contribution in [-0.4, -0.2) is 35.8 Å². The molecule has 0 fully saturated rings. The number of methoxy groups -OCH3 is 1. The van der Waals surface area contributed by atoms with E-state index in [4.69, 9.17) is 4.74 Å². The van der Waals surface area contributed by atoms with E-state index >= 15 is 0 Å². The number of para-hydroxylation sites is 1. The summed E-state index contributed by atoms with van der Waals surface area (Å²) >= 11 is 1.47. The number of benzene rings is 1. The average Bonchev–Trinajstić information content (AvgIpc) is 2.80. The lowest BCUT2D eigenvalue weighted by atomic mass is 10.1. The van der Waals surface area contributed by atoms with Crippen LogP contribution in [0, 0.1) is 0 Å². The zero-order chi connectivity index (χ0) is 13.7. The van der Waals surface area contributed by atoms with Gasteiger partial charge >= 0.3 is 5.97 Å². The molecule has 5 nitrogen and oxygen atoms in total. The number of fused-ring (bicyclic) bond motifs is 1. The Hall–Kier alpha value is -1.66. The molecule has 0 aliphatic heterocycles. The van der Waals surface area contributed by atoms with Crippen molar-refractivity contribution in [3.63, 3.8) is 0 Å². The van der Waals surface area contributed by atoms with Crippen molar-refractivity contribution in [2.45, 2.75) is 18.9 Å². The predicted octanol–water partition coefficient (Wildman–Crippen LogP) is 2.59. The lowest BCUT2D eigenvalue weighted by Gasteiger charge is -2.12. The van der Waals surface area contributed by atoms with E-state index in [0.717, 1.165) is 10.2 Å². The molecule has 19 heavy (non-hydrogen) atoms. The molecule has 1 heterocycles. The van der Waals surface area contributed by atoms with Crippen molar-refractivity contribution in [1.29, 1.82) is 0 Å². The van der Waals surface area contributed by atoms with Gasteiger partial charge in [0.2, 0.25) is 0 Å². The third-order valence-electron chi connectivity index (χ3n) is 2.73. The van der Waals surface area contributed by atoms with Gasteiger partial charge in [0.25, 0.3) is 0 Å². The van der Waals surface area contributed by atoms with Crippen molar-refractivity contribution in [3.05, 3.63) is 24.3 Å². The number of aromatic nitrogens is 1. The minimum Gasteiger partial charge on any atom is -0.480 e. The monoisotopic (exact) mass is 280 g/mol. The van der Waals surface area contributed by atoms with E-state index in [1.165, 1.54) is 11.3 Å². The highest BCUT2D eigenvalue weighted by molar-refractivity contribution is 7.22. The molecule has 0 radical (unpaired) electrons. The van der Waals surface area contributed by atoms with Crippen molar-refractivity contribution < 1.29 is 14.6 Å². The number of hydrogen-bond acceptors (Lipinski definition) is 5. The quantitative estimate of drug-likeness (QED) is 0.763. The van der Waals surface area contributed by atoms with Crippen molar-refractivity contribution in [3.8, 4) is 0 Å². The Bertz CT molecular complexity index is 523. The normalized spacial score (nSPS) is 12.5. The van der Waals surface area contributed by atoms with Gasteiger partial charge in [-0.3, -0.25) is 0 Å². The van der Waals surface area contributed by atoms with Gasteiger partial charge in [-0.1, -0.05) is 23.5 Å². The molecule has 1 aromatic carbocycles. The molecule has 1 atom stereocenters. The van der Waals surface area contributed by atoms with Crippen LogP contribution in [-0.2, 0) is 9.53 Å². The molecule has 102 valence electrons. The van der Waals surface area contributed by atoms with Crippen molar-refractivity contribution >= 4 is 32.7 Å². The molecule has 0 saturated heterocycles. The molecule has 1 aromatic heterocycles. The zero-order valence-corrected chi connectivity index (χ0v) is 11.4. The summed E-state index contributed by atoms with van der Waals surface area (Å²) in [6.07, 6.45) is 1.21. The van der Waals surface area contributed by atoms with E-state index in [1.807, 2.05) is 24.3 Å². The van der Waals surface area contributed by atoms with Crippen LogP contribution in [0.2, 0.25) is 0 Å². The van der Waals surface area contributed by atoms with Gasteiger partial charge in [0.1, 0.15) is 6.04 Å². The molecule has 6 heteroatoms. The highest BCUT2D eigenvalue weighted by Crippen LogP contribution is 2.26. The second kappa shape index (κ2) is 6.49. The average molecular weight is 280 g/mol. The van der Waals surface area contributed by atoms with Crippen molar-refractivity contribution in [2.75, 3.05) is 19.0 Å². The van der Waals surface area contributed by atoms with Crippen LogP contribution in [0.25, 0.3) is 10.2 Å². The Morgan fingerprint density at radius 1 is 1.53 bits per heavy atom. The van der Waals surface area contributed by atoms with Crippen LogP contribution in [0.5, 0.6) is 0 Å². The summed E-state index contributed by atoms with van der Waals surface area (Å²) in [5.74, 6) is -0.865. The molecular weight excluding hydrogens is 264 g/mol. The smallest absolute Gasteiger partial charge is 0.326 e. The fraction of sp³-hybridized carbons (Fsp3) is 0.385. The first kappa shape index (κ1) is 13.8. The van der Waals surface area contributed by atoms with Gasteiger partial charge in [-0.25, -0.2) is 9.78 Å². The summed E-state index contributed by atoms with van der Waals surface area (Å²) < 4.78 is 5.98. The first-order chi connectivity index (χ1) is 9.20. The standard InChI is InChI=1S/C13H16N2O3S/c1-18-8-4-6-10(12(16)17)15-13-14-9-5-2-3-7-11(9)19-13/h2-3,5,7,10H,4,6,8H2,1H3,(H,14,15)(H,16,17). The van der Waals surface area contributed by atoms with Gasteiger partial charge in [0.05, 0.1) is 10.2 Å². The Morgan fingerprint density at radius 3 is 3.00 bits per heavy atom. The number of carboxylic acid groups (broad SMARTS) is 1. The van der Waals surface area contributed by atoms with Crippen molar-refractivity contribution in [2.24, 2.45) is 0 Å². The van der Waals surface area contributed by atoms with E-state index in [-0.39, 0.29) is 0 Å². The van der Waals surface area contributed by atoms with Crippen LogP contribution in [0.4, 0.5) is 5.13 Å². The molecular formula is C13H16N2O3S. The van der Waals surface area contributed by atoms with Crippen LogP contribution in [0.1, 0.15) is 12.8 Å². The second-order valence-electron chi connectivity index (χ2n) is 4.16. The fourth-order valence-corrected chi connectivity index (χ4v) is 2.69. The van der Waals surface area contributed by atoms with E-state index in [0.29, 0.717) is 24.6 Å². The molecule has 0 saturated carbocycles.